The second-order valence-electron chi connectivity index (χ2n) is 10.4. The Labute approximate surface area is 242 Å². The maximum absolute atomic E-state index is 14.5. The first-order chi connectivity index (χ1) is 20.0. The van der Waals surface area contributed by atoms with Crippen molar-refractivity contribution in [1.29, 1.82) is 0 Å². The summed E-state index contributed by atoms with van der Waals surface area (Å²) < 4.78 is 21.9. The molecule has 1 fully saturated rings. The lowest BCUT2D eigenvalue weighted by Crippen LogP contribution is -2.44. The first-order valence-corrected chi connectivity index (χ1v) is 14.8. The molecule has 0 saturated carbocycles. The molecule has 2 aliphatic rings. The van der Waals surface area contributed by atoms with Gasteiger partial charge in [-0.2, -0.15) is 5.10 Å². The summed E-state index contributed by atoms with van der Waals surface area (Å²) in [6.45, 7) is 2.94. The number of aryl methyl sites for hydroxylation is 1. The van der Waals surface area contributed by atoms with Gasteiger partial charge in [-0.15, -0.1) is 11.8 Å². The van der Waals surface area contributed by atoms with Crippen molar-refractivity contribution in [2.75, 3.05) is 30.3 Å². The fraction of sp³-hybridized carbons (Fsp3) is 0.281. The Morgan fingerprint density at radius 3 is 2.63 bits per heavy atom. The van der Waals surface area contributed by atoms with Gasteiger partial charge < -0.3 is 10.1 Å². The van der Waals surface area contributed by atoms with Gasteiger partial charge in [0.05, 0.1) is 28.5 Å². The van der Waals surface area contributed by atoms with Crippen LogP contribution in [0, 0.1) is 12.7 Å². The quantitative estimate of drug-likeness (QED) is 0.320. The molecule has 2 aliphatic heterocycles. The second-order valence-corrected chi connectivity index (χ2v) is 11.5. The number of rotatable bonds is 7. The fourth-order valence-electron chi connectivity index (χ4n) is 5.36. The number of carbonyl (C=O) groups is 2. The third-order valence-electron chi connectivity index (χ3n) is 7.42. The molecule has 0 unspecified atom stereocenters. The van der Waals surface area contributed by atoms with Crippen molar-refractivity contribution in [3.8, 4) is 16.9 Å². The van der Waals surface area contributed by atoms with Crippen molar-refractivity contribution >= 4 is 29.4 Å². The maximum Gasteiger partial charge on any atom is 0.240 e. The lowest BCUT2D eigenvalue weighted by molar-refractivity contribution is -0.123. The Bertz CT molecular complexity index is 1550. The summed E-state index contributed by atoms with van der Waals surface area (Å²) in [4.78, 5) is 28.6. The van der Waals surface area contributed by atoms with Gasteiger partial charge >= 0.3 is 0 Å². The zero-order valence-corrected chi connectivity index (χ0v) is 23.6. The van der Waals surface area contributed by atoms with Crippen LogP contribution < -0.4 is 10.2 Å². The number of aromatic nitrogens is 2. The number of halogens is 1. The molecule has 0 spiro atoms. The van der Waals surface area contributed by atoms with E-state index in [1.165, 1.54) is 28.8 Å². The highest BCUT2D eigenvalue weighted by Gasteiger charge is 2.38. The summed E-state index contributed by atoms with van der Waals surface area (Å²) in [7, 11) is 0. The van der Waals surface area contributed by atoms with Crippen LogP contribution in [0.4, 0.5) is 10.2 Å². The standard InChI is InChI=1S/C32H31FN4O3S/c1-21-12-14-25(15-13-21)37-32-29(30(35-37)22-7-3-2-4-8-22)31(23-9-5-10-24(33)17-23)41-20-28(39)36(32)19-27(38)34-18-26-11-6-16-40-26/h2-5,7-10,12-15,17,26,31H,6,11,16,18-20H2,1H3,(H,34,38)/t26-,31+/m0/s1. The average molecular weight is 571 g/mol. The van der Waals surface area contributed by atoms with E-state index in [1.807, 2.05) is 67.6 Å². The summed E-state index contributed by atoms with van der Waals surface area (Å²) in [5, 5.41) is 7.63. The molecule has 0 radical (unpaired) electrons. The Morgan fingerprint density at radius 2 is 1.90 bits per heavy atom. The Hall–Kier alpha value is -3.95. The van der Waals surface area contributed by atoms with E-state index in [0.29, 0.717) is 24.7 Å². The highest BCUT2D eigenvalue weighted by Crippen LogP contribution is 2.48. The summed E-state index contributed by atoms with van der Waals surface area (Å²) in [6, 6.07) is 24.1. The maximum atomic E-state index is 14.5. The van der Waals surface area contributed by atoms with E-state index in [-0.39, 0.29) is 41.3 Å². The number of nitrogens with zero attached hydrogens (tertiary/aromatic N) is 3. The highest BCUT2D eigenvalue weighted by atomic mass is 32.2. The number of fused-ring (bicyclic) bond motifs is 1. The van der Waals surface area contributed by atoms with Crippen molar-refractivity contribution in [2.45, 2.75) is 31.1 Å². The number of benzene rings is 3. The summed E-state index contributed by atoms with van der Waals surface area (Å²) in [5.74, 6) is -0.194. The van der Waals surface area contributed by atoms with Crippen molar-refractivity contribution in [3.05, 3.63) is 101 Å². The lowest BCUT2D eigenvalue weighted by atomic mass is 9.99. The molecule has 41 heavy (non-hydrogen) atoms. The molecular formula is C32H31FN4O3S. The van der Waals surface area contributed by atoms with Gasteiger partial charge in [0, 0.05) is 24.3 Å². The van der Waals surface area contributed by atoms with E-state index in [0.717, 1.165) is 40.8 Å². The average Bonchev–Trinajstić information content (AvgIpc) is 3.62. The smallest absolute Gasteiger partial charge is 0.240 e. The monoisotopic (exact) mass is 570 g/mol. The first kappa shape index (κ1) is 27.2. The normalized spacial score (nSPS) is 18.7. The van der Waals surface area contributed by atoms with Gasteiger partial charge in [-0.3, -0.25) is 14.5 Å². The molecule has 9 heteroatoms. The molecule has 0 bridgehead atoms. The van der Waals surface area contributed by atoms with E-state index < -0.39 is 0 Å². The predicted molar refractivity (Wildman–Crippen MR) is 159 cm³/mol. The summed E-state index contributed by atoms with van der Waals surface area (Å²) in [5.41, 5.74) is 4.90. The molecule has 210 valence electrons. The minimum absolute atomic E-state index is 0.00923. The van der Waals surface area contributed by atoms with Crippen LogP contribution in [0.15, 0.2) is 78.9 Å². The zero-order valence-electron chi connectivity index (χ0n) is 22.8. The predicted octanol–water partition coefficient (Wildman–Crippen LogP) is 5.45. The minimum atomic E-state index is -0.390. The van der Waals surface area contributed by atoms with Crippen LogP contribution in [-0.4, -0.2) is 53.1 Å². The fourth-order valence-corrected chi connectivity index (χ4v) is 6.55. The van der Waals surface area contributed by atoms with Crippen LogP contribution in [0.1, 0.15) is 34.8 Å². The van der Waals surface area contributed by atoms with Gasteiger partial charge in [0.2, 0.25) is 11.8 Å². The van der Waals surface area contributed by atoms with Crippen molar-refractivity contribution in [3.63, 3.8) is 0 Å². The van der Waals surface area contributed by atoms with Crippen molar-refractivity contribution in [1.82, 2.24) is 15.1 Å². The van der Waals surface area contributed by atoms with E-state index >= 15 is 0 Å². The van der Waals surface area contributed by atoms with Crippen molar-refractivity contribution < 1.29 is 18.7 Å². The number of thioether (sulfide) groups is 1. The molecule has 3 aromatic carbocycles. The summed E-state index contributed by atoms with van der Waals surface area (Å²) >= 11 is 1.42. The summed E-state index contributed by atoms with van der Waals surface area (Å²) in [6.07, 6.45) is 1.87. The largest absolute Gasteiger partial charge is 0.376 e. The number of anilines is 1. The molecule has 1 saturated heterocycles. The second kappa shape index (κ2) is 11.9. The Kier molecular flexibility index (Phi) is 7.89. The van der Waals surface area contributed by atoms with Gasteiger partial charge in [0.15, 0.2) is 0 Å². The molecule has 4 aromatic rings. The van der Waals surface area contributed by atoms with Crippen LogP contribution in [0.3, 0.4) is 0 Å². The van der Waals surface area contributed by atoms with E-state index in [1.54, 1.807) is 10.7 Å². The van der Waals surface area contributed by atoms with Crippen LogP contribution in [-0.2, 0) is 14.3 Å². The zero-order chi connectivity index (χ0) is 28.3. The van der Waals surface area contributed by atoms with Crippen LogP contribution in [0.2, 0.25) is 0 Å². The highest BCUT2D eigenvalue weighted by molar-refractivity contribution is 8.00. The number of nitrogens with one attached hydrogen (secondary N) is 1. The molecule has 3 heterocycles. The molecule has 2 atom stereocenters. The number of hydrogen-bond donors (Lipinski definition) is 1. The third-order valence-corrected chi connectivity index (χ3v) is 8.67. The topological polar surface area (TPSA) is 76.5 Å². The molecule has 2 amide bonds. The molecular weight excluding hydrogens is 539 g/mol. The van der Waals surface area contributed by atoms with Gasteiger partial charge in [0.25, 0.3) is 0 Å². The number of carbonyl (C=O) groups excluding carboxylic acids is 2. The van der Waals surface area contributed by atoms with Crippen LogP contribution in [0.5, 0.6) is 0 Å². The molecule has 6 rings (SSSR count). The number of hydrogen-bond acceptors (Lipinski definition) is 5. The number of ether oxygens (including phenoxy) is 1. The van der Waals surface area contributed by atoms with E-state index in [9.17, 15) is 14.0 Å². The van der Waals surface area contributed by atoms with E-state index in [4.69, 9.17) is 9.84 Å². The van der Waals surface area contributed by atoms with Gasteiger partial charge in [-0.25, -0.2) is 9.07 Å². The molecule has 0 aliphatic carbocycles. The molecule has 1 aromatic heterocycles. The Morgan fingerprint density at radius 1 is 1.10 bits per heavy atom. The number of amides is 2. The van der Waals surface area contributed by atoms with Gasteiger partial charge in [-0.05, 0) is 49.6 Å². The van der Waals surface area contributed by atoms with Crippen molar-refractivity contribution in [2.24, 2.45) is 0 Å². The van der Waals surface area contributed by atoms with E-state index in [2.05, 4.69) is 5.32 Å². The lowest BCUT2D eigenvalue weighted by Gasteiger charge is -2.23. The third kappa shape index (κ3) is 5.78. The SMILES string of the molecule is Cc1ccc(-n2nc(-c3ccccc3)c3c2N(CC(=O)NC[C@@H]2CCCO2)C(=O)CS[C@@H]3c2cccc(F)c2)cc1. The van der Waals surface area contributed by atoms with Crippen LogP contribution in [0.25, 0.3) is 16.9 Å². The molecule has 7 nitrogen and oxygen atoms in total. The minimum Gasteiger partial charge on any atom is -0.376 e. The first-order valence-electron chi connectivity index (χ1n) is 13.8. The molecule has 1 N–H and O–H groups in total. The van der Waals surface area contributed by atoms with Crippen LogP contribution >= 0.6 is 11.8 Å². The van der Waals surface area contributed by atoms with Gasteiger partial charge in [0.1, 0.15) is 18.2 Å². The van der Waals surface area contributed by atoms with Gasteiger partial charge in [-0.1, -0.05) is 60.2 Å². The Balaban J connectivity index is 1.51.